The van der Waals surface area contributed by atoms with E-state index in [0.717, 1.165) is 24.8 Å². The molecule has 0 amide bonds. The molecule has 0 aliphatic carbocycles. The molecule has 1 aliphatic rings. The van der Waals surface area contributed by atoms with E-state index < -0.39 is 10.0 Å². The van der Waals surface area contributed by atoms with Gasteiger partial charge in [-0.2, -0.15) is 4.31 Å². The first-order valence-corrected chi connectivity index (χ1v) is 7.54. The van der Waals surface area contributed by atoms with Crippen LogP contribution in [0, 0.1) is 6.92 Å². The van der Waals surface area contributed by atoms with Crippen molar-refractivity contribution in [2.75, 3.05) is 6.54 Å². The summed E-state index contributed by atoms with van der Waals surface area (Å²) >= 11 is 0. The fraction of sp³-hybridized carbons (Fsp3) is 0.538. The van der Waals surface area contributed by atoms with Crippen molar-refractivity contribution in [2.45, 2.75) is 44.0 Å². The number of rotatable bonds is 2. The van der Waals surface area contributed by atoms with E-state index >= 15 is 0 Å². The van der Waals surface area contributed by atoms with Gasteiger partial charge in [0.05, 0.1) is 4.90 Å². The molecule has 0 N–H and O–H groups in total. The molecular formula is C13H19NO2S. The topological polar surface area (TPSA) is 37.4 Å². The van der Waals surface area contributed by atoms with Gasteiger partial charge < -0.3 is 0 Å². The lowest BCUT2D eigenvalue weighted by molar-refractivity contribution is 0.268. The Morgan fingerprint density at radius 2 is 1.82 bits per heavy atom. The van der Waals surface area contributed by atoms with Gasteiger partial charge in [-0.15, -0.1) is 0 Å². The molecule has 0 aromatic heterocycles. The van der Waals surface area contributed by atoms with E-state index in [0.29, 0.717) is 11.4 Å². The molecule has 1 aliphatic heterocycles. The largest absolute Gasteiger partial charge is 0.243 e. The van der Waals surface area contributed by atoms with Gasteiger partial charge in [-0.05, 0) is 38.8 Å². The lowest BCUT2D eigenvalue weighted by atomic mass is 10.1. The summed E-state index contributed by atoms with van der Waals surface area (Å²) < 4.78 is 26.5. The first kappa shape index (κ1) is 12.6. The van der Waals surface area contributed by atoms with Crippen LogP contribution in [0.1, 0.15) is 31.7 Å². The number of benzene rings is 1. The Morgan fingerprint density at radius 3 is 2.41 bits per heavy atom. The number of piperidine rings is 1. The lowest BCUT2D eigenvalue weighted by Gasteiger charge is -2.32. The van der Waals surface area contributed by atoms with Crippen molar-refractivity contribution in [1.29, 1.82) is 0 Å². The third kappa shape index (κ3) is 2.53. The van der Waals surface area contributed by atoms with Gasteiger partial charge >= 0.3 is 0 Å². The molecule has 0 spiro atoms. The predicted molar refractivity (Wildman–Crippen MR) is 68.4 cm³/mol. The molecule has 1 atom stereocenters. The van der Waals surface area contributed by atoms with Crippen molar-refractivity contribution < 1.29 is 8.42 Å². The zero-order valence-electron chi connectivity index (χ0n) is 10.4. The molecule has 1 saturated heterocycles. The summed E-state index contributed by atoms with van der Waals surface area (Å²) in [6.45, 7) is 4.60. The van der Waals surface area contributed by atoms with Crippen LogP contribution in [-0.2, 0) is 10.0 Å². The Kier molecular flexibility index (Phi) is 3.54. The second-order valence-corrected chi connectivity index (χ2v) is 6.66. The summed E-state index contributed by atoms with van der Waals surface area (Å²) in [7, 11) is -3.29. The minimum absolute atomic E-state index is 0.120. The van der Waals surface area contributed by atoms with Crippen molar-refractivity contribution in [3.8, 4) is 0 Å². The van der Waals surface area contributed by atoms with Crippen molar-refractivity contribution in [2.24, 2.45) is 0 Å². The van der Waals surface area contributed by atoms with Crippen molar-refractivity contribution >= 4 is 10.0 Å². The average molecular weight is 253 g/mol. The Labute approximate surface area is 104 Å². The molecule has 1 aromatic carbocycles. The number of sulfonamides is 1. The number of aryl methyl sites for hydroxylation is 1. The second kappa shape index (κ2) is 4.78. The minimum Gasteiger partial charge on any atom is -0.207 e. The first-order valence-electron chi connectivity index (χ1n) is 6.10. The van der Waals surface area contributed by atoms with Crippen molar-refractivity contribution in [1.82, 2.24) is 4.31 Å². The standard InChI is InChI=1S/C13H19NO2S/c1-11-6-8-13(9-7-11)17(15,16)14-10-4-3-5-12(14)2/h6-9,12H,3-5,10H2,1-2H3. The van der Waals surface area contributed by atoms with Crippen molar-refractivity contribution in [3.05, 3.63) is 29.8 Å². The van der Waals surface area contributed by atoms with Gasteiger partial charge in [0.25, 0.3) is 0 Å². The summed E-state index contributed by atoms with van der Waals surface area (Å²) in [6, 6.07) is 7.22. The zero-order valence-corrected chi connectivity index (χ0v) is 11.2. The highest BCUT2D eigenvalue weighted by atomic mass is 32.2. The van der Waals surface area contributed by atoms with Gasteiger partial charge in [0.2, 0.25) is 10.0 Å². The fourth-order valence-corrected chi connectivity index (χ4v) is 3.97. The van der Waals surface area contributed by atoms with Gasteiger partial charge in [0.15, 0.2) is 0 Å². The van der Waals surface area contributed by atoms with Gasteiger partial charge in [-0.1, -0.05) is 24.1 Å². The third-order valence-electron chi connectivity index (χ3n) is 3.37. The van der Waals surface area contributed by atoms with E-state index in [1.807, 2.05) is 26.0 Å². The predicted octanol–water partition coefficient (Wildman–Crippen LogP) is 2.56. The summed E-state index contributed by atoms with van der Waals surface area (Å²) in [5, 5.41) is 0. The van der Waals surface area contributed by atoms with E-state index in [1.54, 1.807) is 16.4 Å². The number of nitrogens with zero attached hydrogens (tertiary/aromatic N) is 1. The van der Waals surface area contributed by atoms with Crippen LogP contribution in [0.4, 0.5) is 0 Å². The first-order chi connectivity index (χ1) is 8.01. The van der Waals surface area contributed by atoms with E-state index in [1.165, 1.54) is 0 Å². The van der Waals surface area contributed by atoms with E-state index in [4.69, 9.17) is 0 Å². The van der Waals surface area contributed by atoms with Gasteiger partial charge in [0.1, 0.15) is 0 Å². The van der Waals surface area contributed by atoms with Crippen LogP contribution in [-0.4, -0.2) is 25.3 Å². The summed E-state index contributed by atoms with van der Waals surface area (Å²) in [5.41, 5.74) is 1.08. The lowest BCUT2D eigenvalue weighted by Crippen LogP contribution is -2.41. The molecule has 1 heterocycles. The average Bonchev–Trinajstić information content (AvgIpc) is 2.30. The van der Waals surface area contributed by atoms with Crippen LogP contribution in [0.5, 0.6) is 0 Å². The molecule has 3 nitrogen and oxygen atoms in total. The molecule has 2 rings (SSSR count). The number of hydrogen-bond acceptors (Lipinski definition) is 2. The third-order valence-corrected chi connectivity index (χ3v) is 5.40. The molecule has 94 valence electrons. The number of hydrogen-bond donors (Lipinski definition) is 0. The molecule has 0 bridgehead atoms. The second-order valence-electron chi connectivity index (χ2n) is 4.77. The van der Waals surface area contributed by atoms with Crippen LogP contribution in [0.25, 0.3) is 0 Å². The highest BCUT2D eigenvalue weighted by molar-refractivity contribution is 7.89. The highest BCUT2D eigenvalue weighted by Gasteiger charge is 2.30. The van der Waals surface area contributed by atoms with Crippen molar-refractivity contribution in [3.63, 3.8) is 0 Å². The quantitative estimate of drug-likeness (QED) is 0.812. The minimum atomic E-state index is -3.29. The Balaban J connectivity index is 2.32. The van der Waals surface area contributed by atoms with E-state index in [9.17, 15) is 8.42 Å². The SMILES string of the molecule is Cc1ccc(S(=O)(=O)N2CCCCC2C)cc1. The van der Waals surface area contributed by atoms with Crippen LogP contribution >= 0.6 is 0 Å². The Hall–Kier alpha value is -0.870. The van der Waals surface area contributed by atoms with Crippen LogP contribution in [0.2, 0.25) is 0 Å². The molecule has 1 unspecified atom stereocenters. The summed E-state index contributed by atoms with van der Waals surface area (Å²) in [4.78, 5) is 0.414. The van der Waals surface area contributed by atoms with Crippen LogP contribution in [0.3, 0.4) is 0 Å². The molecule has 1 aromatic rings. The Bertz CT molecular complexity index is 479. The zero-order chi connectivity index (χ0) is 12.5. The molecule has 1 fully saturated rings. The maximum Gasteiger partial charge on any atom is 0.243 e. The maximum absolute atomic E-state index is 12.4. The van der Waals surface area contributed by atoms with Gasteiger partial charge in [-0.3, -0.25) is 0 Å². The summed E-state index contributed by atoms with van der Waals surface area (Å²) in [5.74, 6) is 0. The fourth-order valence-electron chi connectivity index (χ4n) is 2.27. The summed E-state index contributed by atoms with van der Waals surface area (Å²) in [6.07, 6.45) is 3.06. The normalized spacial score (nSPS) is 22.6. The highest BCUT2D eigenvalue weighted by Crippen LogP contribution is 2.25. The van der Waals surface area contributed by atoms with Gasteiger partial charge in [-0.25, -0.2) is 8.42 Å². The molecule has 17 heavy (non-hydrogen) atoms. The van der Waals surface area contributed by atoms with Gasteiger partial charge in [0, 0.05) is 12.6 Å². The molecule has 0 saturated carbocycles. The Morgan fingerprint density at radius 1 is 1.18 bits per heavy atom. The van der Waals surface area contributed by atoms with E-state index in [-0.39, 0.29) is 6.04 Å². The monoisotopic (exact) mass is 253 g/mol. The van der Waals surface area contributed by atoms with E-state index in [2.05, 4.69) is 0 Å². The molecule has 0 radical (unpaired) electrons. The molecular weight excluding hydrogens is 234 g/mol. The smallest absolute Gasteiger partial charge is 0.207 e. The van der Waals surface area contributed by atoms with Crippen LogP contribution < -0.4 is 0 Å². The molecule has 4 heteroatoms. The van der Waals surface area contributed by atoms with Crippen LogP contribution in [0.15, 0.2) is 29.2 Å². The maximum atomic E-state index is 12.4.